The third-order valence-electron chi connectivity index (χ3n) is 2.35. The molecule has 0 saturated carbocycles. The first-order chi connectivity index (χ1) is 8.60. The standard InChI is InChI=1S/C10H14N2O5S/c1-18-5-4-7(11-6-13)10(16)17-12-8(14)2-3-9(12)15/h6-7H,2-5H2,1H3,(H,11,13). The van der Waals surface area contributed by atoms with Crippen LogP contribution in [0.2, 0.25) is 0 Å². The quantitative estimate of drug-likeness (QED) is 0.495. The molecule has 0 spiro atoms. The lowest BCUT2D eigenvalue weighted by Crippen LogP contribution is -2.42. The molecule has 8 heteroatoms. The van der Waals surface area contributed by atoms with E-state index in [9.17, 15) is 19.2 Å². The fourth-order valence-electron chi connectivity index (χ4n) is 1.40. The molecule has 0 aromatic carbocycles. The van der Waals surface area contributed by atoms with Gasteiger partial charge in [0.05, 0.1) is 0 Å². The van der Waals surface area contributed by atoms with Crippen LogP contribution in [0.5, 0.6) is 0 Å². The lowest BCUT2D eigenvalue weighted by molar-refractivity contribution is -0.199. The predicted molar refractivity (Wildman–Crippen MR) is 63.2 cm³/mol. The highest BCUT2D eigenvalue weighted by atomic mass is 32.2. The van der Waals surface area contributed by atoms with Crippen LogP contribution in [0.25, 0.3) is 0 Å². The molecular weight excluding hydrogens is 260 g/mol. The van der Waals surface area contributed by atoms with Gasteiger partial charge in [0.15, 0.2) is 0 Å². The summed E-state index contributed by atoms with van der Waals surface area (Å²) >= 11 is 1.51. The molecular formula is C10H14N2O5S. The van der Waals surface area contributed by atoms with E-state index >= 15 is 0 Å². The van der Waals surface area contributed by atoms with Gasteiger partial charge in [0.25, 0.3) is 11.8 Å². The molecule has 1 aliphatic rings. The van der Waals surface area contributed by atoms with Crippen molar-refractivity contribution in [1.82, 2.24) is 10.4 Å². The highest BCUT2D eigenvalue weighted by Gasteiger charge is 2.34. The maximum absolute atomic E-state index is 11.7. The highest BCUT2D eigenvalue weighted by molar-refractivity contribution is 7.98. The van der Waals surface area contributed by atoms with Crippen LogP contribution >= 0.6 is 11.8 Å². The van der Waals surface area contributed by atoms with Gasteiger partial charge in [-0.25, -0.2) is 4.79 Å². The Morgan fingerprint density at radius 3 is 2.61 bits per heavy atom. The van der Waals surface area contributed by atoms with E-state index in [0.717, 1.165) is 0 Å². The van der Waals surface area contributed by atoms with Crippen molar-refractivity contribution in [2.75, 3.05) is 12.0 Å². The SMILES string of the molecule is CSCCC(NC=O)C(=O)ON1C(=O)CCC1=O. The molecule has 0 radical (unpaired) electrons. The van der Waals surface area contributed by atoms with E-state index in [-0.39, 0.29) is 12.8 Å². The van der Waals surface area contributed by atoms with E-state index < -0.39 is 23.8 Å². The van der Waals surface area contributed by atoms with Crippen molar-refractivity contribution in [3.8, 4) is 0 Å². The Balaban J connectivity index is 2.57. The fraction of sp³-hybridized carbons (Fsp3) is 0.600. The van der Waals surface area contributed by atoms with Gasteiger partial charge in [-0.15, -0.1) is 5.06 Å². The molecule has 1 rings (SSSR count). The largest absolute Gasteiger partial charge is 0.355 e. The number of nitrogens with zero attached hydrogens (tertiary/aromatic N) is 1. The molecule has 0 bridgehead atoms. The summed E-state index contributed by atoms with van der Waals surface area (Å²) in [6, 6.07) is -0.851. The minimum atomic E-state index is -0.851. The monoisotopic (exact) mass is 274 g/mol. The molecule has 1 atom stereocenters. The maximum atomic E-state index is 11.7. The van der Waals surface area contributed by atoms with Gasteiger partial charge < -0.3 is 10.2 Å². The third-order valence-corrected chi connectivity index (χ3v) is 3.00. The van der Waals surface area contributed by atoms with Gasteiger partial charge in [-0.3, -0.25) is 14.4 Å². The summed E-state index contributed by atoms with van der Waals surface area (Å²) in [6.07, 6.45) is 2.71. The van der Waals surface area contributed by atoms with Crippen LogP contribution in [0, 0.1) is 0 Å². The smallest absolute Gasteiger partial charge is 0.345 e. The van der Waals surface area contributed by atoms with Crippen LogP contribution in [0.4, 0.5) is 0 Å². The molecule has 1 heterocycles. The Labute approximate surface area is 108 Å². The van der Waals surface area contributed by atoms with E-state index in [2.05, 4.69) is 5.32 Å². The molecule has 100 valence electrons. The zero-order valence-corrected chi connectivity index (χ0v) is 10.7. The molecule has 7 nitrogen and oxygen atoms in total. The van der Waals surface area contributed by atoms with Gasteiger partial charge in [-0.05, 0) is 18.4 Å². The molecule has 0 aromatic heterocycles. The normalized spacial score (nSPS) is 16.6. The van der Waals surface area contributed by atoms with Gasteiger partial charge >= 0.3 is 5.97 Å². The summed E-state index contributed by atoms with van der Waals surface area (Å²) in [5.74, 6) is -1.24. The summed E-state index contributed by atoms with van der Waals surface area (Å²) in [5.41, 5.74) is 0. The second kappa shape index (κ2) is 7.00. The molecule has 1 fully saturated rings. The molecule has 3 amide bonds. The minimum Gasteiger partial charge on any atom is -0.345 e. The number of imide groups is 1. The zero-order chi connectivity index (χ0) is 13.5. The summed E-state index contributed by atoms with van der Waals surface area (Å²) in [7, 11) is 0. The summed E-state index contributed by atoms with van der Waals surface area (Å²) in [6.45, 7) is 0. The topological polar surface area (TPSA) is 92.8 Å². The number of hydrogen-bond acceptors (Lipinski definition) is 6. The van der Waals surface area contributed by atoms with Gasteiger partial charge in [0.2, 0.25) is 6.41 Å². The van der Waals surface area contributed by atoms with Gasteiger partial charge in [-0.2, -0.15) is 11.8 Å². The Hall–Kier alpha value is -1.57. The third kappa shape index (κ3) is 3.73. The van der Waals surface area contributed by atoms with Crippen LogP contribution in [0.15, 0.2) is 0 Å². The van der Waals surface area contributed by atoms with E-state index in [1.54, 1.807) is 0 Å². The summed E-state index contributed by atoms with van der Waals surface area (Å²) < 4.78 is 0. The number of rotatable bonds is 7. The Morgan fingerprint density at radius 2 is 2.11 bits per heavy atom. The Kier molecular flexibility index (Phi) is 5.63. The average Bonchev–Trinajstić information content (AvgIpc) is 2.66. The first-order valence-electron chi connectivity index (χ1n) is 5.36. The number of hydrogen-bond donors (Lipinski definition) is 1. The van der Waals surface area contributed by atoms with Crippen LogP contribution in [-0.2, 0) is 24.0 Å². The molecule has 1 N–H and O–H groups in total. The van der Waals surface area contributed by atoms with Crippen molar-refractivity contribution in [1.29, 1.82) is 0 Å². The second-order valence-corrected chi connectivity index (χ2v) is 4.60. The number of carbonyl (C=O) groups excluding carboxylic acids is 4. The van der Waals surface area contributed by atoms with E-state index in [1.807, 2.05) is 6.26 Å². The minimum absolute atomic E-state index is 0.0443. The lowest BCUT2D eigenvalue weighted by Gasteiger charge is -2.18. The summed E-state index contributed by atoms with van der Waals surface area (Å²) in [4.78, 5) is 49.3. The summed E-state index contributed by atoms with van der Waals surface area (Å²) in [5, 5.41) is 2.78. The number of amides is 3. The zero-order valence-electron chi connectivity index (χ0n) is 9.88. The maximum Gasteiger partial charge on any atom is 0.355 e. The molecule has 0 aromatic rings. The fourth-order valence-corrected chi connectivity index (χ4v) is 1.87. The molecule has 0 aliphatic carbocycles. The van der Waals surface area contributed by atoms with Gasteiger partial charge in [0, 0.05) is 12.8 Å². The van der Waals surface area contributed by atoms with Gasteiger partial charge in [-0.1, -0.05) is 0 Å². The Morgan fingerprint density at radius 1 is 1.50 bits per heavy atom. The van der Waals surface area contributed by atoms with Crippen molar-refractivity contribution < 1.29 is 24.0 Å². The molecule has 1 unspecified atom stereocenters. The van der Waals surface area contributed by atoms with E-state index in [4.69, 9.17) is 4.84 Å². The van der Waals surface area contributed by atoms with E-state index in [0.29, 0.717) is 23.6 Å². The Bertz CT molecular complexity index is 344. The van der Waals surface area contributed by atoms with Crippen molar-refractivity contribution in [3.63, 3.8) is 0 Å². The average molecular weight is 274 g/mol. The van der Waals surface area contributed by atoms with Crippen molar-refractivity contribution in [2.45, 2.75) is 25.3 Å². The number of nitrogens with one attached hydrogen (secondary N) is 1. The molecule has 1 saturated heterocycles. The highest BCUT2D eigenvalue weighted by Crippen LogP contribution is 2.13. The van der Waals surface area contributed by atoms with Gasteiger partial charge in [0.1, 0.15) is 6.04 Å². The number of thioether (sulfide) groups is 1. The van der Waals surface area contributed by atoms with Crippen LogP contribution in [0.1, 0.15) is 19.3 Å². The number of carbonyl (C=O) groups is 4. The van der Waals surface area contributed by atoms with Crippen LogP contribution in [-0.4, -0.2) is 47.3 Å². The predicted octanol–water partition coefficient (Wildman–Crippen LogP) is -0.539. The van der Waals surface area contributed by atoms with Crippen LogP contribution in [0.3, 0.4) is 0 Å². The first kappa shape index (κ1) is 14.5. The van der Waals surface area contributed by atoms with Crippen molar-refractivity contribution in [3.05, 3.63) is 0 Å². The number of hydroxylamine groups is 2. The second-order valence-electron chi connectivity index (χ2n) is 3.61. The lowest BCUT2D eigenvalue weighted by atomic mass is 10.2. The first-order valence-corrected chi connectivity index (χ1v) is 6.75. The van der Waals surface area contributed by atoms with Crippen LogP contribution < -0.4 is 5.32 Å². The molecule has 18 heavy (non-hydrogen) atoms. The molecule has 1 aliphatic heterocycles. The van der Waals surface area contributed by atoms with E-state index in [1.165, 1.54) is 11.8 Å². The van der Waals surface area contributed by atoms with Crippen molar-refractivity contribution in [2.24, 2.45) is 0 Å². The van der Waals surface area contributed by atoms with Crippen molar-refractivity contribution >= 4 is 36.0 Å².